The van der Waals surface area contributed by atoms with Gasteiger partial charge in [0.15, 0.2) is 0 Å². The Morgan fingerprint density at radius 1 is 1.50 bits per heavy atom. The Kier molecular flexibility index (Phi) is 1.95. The number of nitrogens with zero attached hydrogens (tertiary/aromatic N) is 1. The maximum Gasteiger partial charge on any atom is 0.405 e. The summed E-state index contributed by atoms with van der Waals surface area (Å²) in [4.78, 5) is 22.7. The lowest BCUT2D eigenvalue weighted by atomic mass is 9.96. The van der Waals surface area contributed by atoms with Gasteiger partial charge in [-0.3, -0.25) is 4.79 Å². The van der Waals surface area contributed by atoms with Crippen molar-refractivity contribution in [2.24, 2.45) is 5.73 Å². The number of rotatable bonds is 1. The van der Waals surface area contributed by atoms with E-state index in [1.807, 2.05) is 0 Å². The van der Waals surface area contributed by atoms with Crippen LogP contribution in [0.5, 0.6) is 0 Å². The van der Waals surface area contributed by atoms with Crippen molar-refractivity contribution in [3.05, 3.63) is 0 Å². The van der Waals surface area contributed by atoms with Crippen LogP contribution in [0.3, 0.4) is 0 Å². The van der Waals surface area contributed by atoms with Crippen molar-refractivity contribution in [3.8, 4) is 0 Å². The van der Waals surface area contributed by atoms with Crippen molar-refractivity contribution in [2.45, 2.75) is 19.4 Å². The fourth-order valence-corrected chi connectivity index (χ4v) is 1.29. The molecule has 1 aliphatic heterocycles. The summed E-state index contributed by atoms with van der Waals surface area (Å²) in [5.74, 6) is -0.0134. The lowest BCUT2D eigenvalue weighted by Crippen LogP contribution is -2.63. The molecule has 1 fully saturated rings. The third-order valence-corrected chi connectivity index (χ3v) is 1.84. The largest absolute Gasteiger partial charge is 0.440 e. The lowest BCUT2D eigenvalue weighted by molar-refractivity contribution is -0.149. The first kappa shape index (κ1) is 8.83. The second-order valence-corrected chi connectivity index (χ2v) is 3.25. The monoisotopic (exact) mass is 172 g/mol. The predicted octanol–water partition coefficient (Wildman–Crippen LogP) is -0.297. The Morgan fingerprint density at radius 2 is 2.00 bits per heavy atom. The molecule has 0 unspecified atom stereocenters. The molecule has 5 nitrogen and oxygen atoms in total. The van der Waals surface area contributed by atoms with Gasteiger partial charge in [-0.05, 0) is 6.92 Å². The van der Waals surface area contributed by atoms with Crippen molar-refractivity contribution in [1.29, 1.82) is 0 Å². The summed E-state index contributed by atoms with van der Waals surface area (Å²) in [7, 11) is 0. The van der Waals surface area contributed by atoms with Crippen LogP contribution in [0.15, 0.2) is 0 Å². The van der Waals surface area contributed by atoms with Gasteiger partial charge < -0.3 is 15.4 Å². The zero-order valence-corrected chi connectivity index (χ0v) is 7.16. The van der Waals surface area contributed by atoms with Gasteiger partial charge in [-0.15, -0.1) is 0 Å². The van der Waals surface area contributed by atoms with Gasteiger partial charge in [-0.1, -0.05) is 0 Å². The van der Waals surface area contributed by atoms with Gasteiger partial charge in [0.05, 0.1) is 13.1 Å². The highest BCUT2D eigenvalue weighted by atomic mass is 16.6. The van der Waals surface area contributed by atoms with Gasteiger partial charge >= 0.3 is 6.09 Å². The molecule has 1 aliphatic rings. The minimum Gasteiger partial charge on any atom is -0.440 e. The molecule has 12 heavy (non-hydrogen) atoms. The Hall–Kier alpha value is -1.26. The zero-order valence-electron chi connectivity index (χ0n) is 7.16. The number of hydrogen-bond donors (Lipinski definition) is 1. The van der Waals surface area contributed by atoms with Crippen LogP contribution in [-0.4, -0.2) is 35.6 Å². The summed E-state index contributed by atoms with van der Waals surface area (Å²) in [6, 6.07) is 0. The molecule has 0 radical (unpaired) electrons. The third-order valence-electron chi connectivity index (χ3n) is 1.84. The van der Waals surface area contributed by atoms with Crippen LogP contribution >= 0.6 is 0 Å². The highest BCUT2D eigenvalue weighted by Gasteiger charge is 2.43. The number of hydrogen-bond acceptors (Lipinski definition) is 3. The number of likely N-dealkylation sites (tertiary alicyclic amines) is 1. The van der Waals surface area contributed by atoms with Crippen LogP contribution in [0.4, 0.5) is 4.79 Å². The van der Waals surface area contributed by atoms with Crippen molar-refractivity contribution in [2.75, 3.05) is 13.1 Å². The van der Waals surface area contributed by atoms with Crippen LogP contribution in [0.25, 0.3) is 0 Å². The molecule has 0 aliphatic carbocycles. The van der Waals surface area contributed by atoms with E-state index in [1.165, 1.54) is 6.92 Å². The number of nitrogens with two attached hydrogens (primary N) is 1. The van der Waals surface area contributed by atoms with Gasteiger partial charge in [-0.2, -0.15) is 0 Å². The zero-order chi connectivity index (χ0) is 9.35. The summed E-state index contributed by atoms with van der Waals surface area (Å²) in [6.45, 7) is 4.09. The quantitative estimate of drug-likeness (QED) is 0.590. The van der Waals surface area contributed by atoms with E-state index in [9.17, 15) is 9.59 Å². The van der Waals surface area contributed by atoms with E-state index in [0.29, 0.717) is 13.1 Å². The average molecular weight is 172 g/mol. The summed E-state index contributed by atoms with van der Waals surface area (Å²) >= 11 is 0. The number of carbonyl (C=O) groups is 2. The molecule has 1 saturated heterocycles. The topological polar surface area (TPSA) is 72.6 Å². The molecule has 0 spiro atoms. The molecule has 1 heterocycles. The van der Waals surface area contributed by atoms with E-state index in [-0.39, 0.29) is 5.91 Å². The molecular formula is C7H12N2O3. The fraction of sp³-hybridized carbons (Fsp3) is 0.714. The molecule has 1 rings (SSSR count). The highest BCUT2D eigenvalue weighted by molar-refractivity contribution is 5.75. The molecular weight excluding hydrogens is 160 g/mol. The van der Waals surface area contributed by atoms with Gasteiger partial charge in [0.2, 0.25) is 5.91 Å². The molecule has 0 atom stereocenters. The summed E-state index contributed by atoms with van der Waals surface area (Å²) in [6.07, 6.45) is -0.791. The van der Waals surface area contributed by atoms with E-state index in [4.69, 9.17) is 10.5 Å². The minimum absolute atomic E-state index is 0.0134. The van der Waals surface area contributed by atoms with Crippen LogP contribution < -0.4 is 5.73 Å². The third kappa shape index (κ3) is 1.66. The Balaban J connectivity index is 2.40. The van der Waals surface area contributed by atoms with E-state index in [0.717, 1.165) is 0 Å². The standard InChI is InChI=1S/C7H12N2O3/c1-5(10)9-3-7(2,4-9)12-6(8)11/h3-4H2,1-2H3,(H2,8,11). The van der Waals surface area contributed by atoms with Crippen LogP contribution in [-0.2, 0) is 9.53 Å². The molecule has 0 saturated carbocycles. The molecule has 68 valence electrons. The smallest absolute Gasteiger partial charge is 0.405 e. The van der Waals surface area contributed by atoms with Crippen LogP contribution in [0, 0.1) is 0 Å². The minimum atomic E-state index is -0.791. The molecule has 0 aromatic heterocycles. The molecule has 0 aromatic rings. The van der Waals surface area contributed by atoms with E-state index in [1.54, 1.807) is 11.8 Å². The second-order valence-electron chi connectivity index (χ2n) is 3.25. The Morgan fingerprint density at radius 3 is 2.33 bits per heavy atom. The maximum absolute atomic E-state index is 10.8. The summed E-state index contributed by atoms with van der Waals surface area (Å²) in [5, 5.41) is 0. The predicted molar refractivity (Wildman–Crippen MR) is 41.3 cm³/mol. The van der Waals surface area contributed by atoms with E-state index >= 15 is 0 Å². The van der Waals surface area contributed by atoms with Crippen LogP contribution in [0.1, 0.15) is 13.8 Å². The van der Waals surface area contributed by atoms with E-state index < -0.39 is 11.7 Å². The Labute approximate surface area is 70.5 Å². The molecule has 2 N–H and O–H groups in total. The molecule has 5 heteroatoms. The first-order valence-electron chi connectivity index (χ1n) is 3.67. The van der Waals surface area contributed by atoms with Crippen LogP contribution in [0.2, 0.25) is 0 Å². The average Bonchev–Trinajstić information content (AvgIpc) is 1.80. The van der Waals surface area contributed by atoms with Crippen molar-refractivity contribution in [3.63, 3.8) is 0 Å². The van der Waals surface area contributed by atoms with Crippen molar-refractivity contribution in [1.82, 2.24) is 4.90 Å². The van der Waals surface area contributed by atoms with Gasteiger partial charge in [0, 0.05) is 6.92 Å². The summed E-state index contributed by atoms with van der Waals surface area (Å²) in [5.41, 5.74) is 4.27. The number of ether oxygens (including phenoxy) is 1. The SMILES string of the molecule is CC(=O)N1CC(C)(OC(N)=O)C1. The second kappa shape index (κ2) is 2.66. The molecule has 0 aromatic carbocycles. The maximum atomic E-state index is 10.8. The molecule has 0 bridgehead atoms. The molecule has 2 amide bonds. The first-order chi connectivity index (χ1) is 5.43. The Bertz CT molecular complexity index is 221. The number of amides is 2. The normalized spacial score (nSPS) is 19.7. The first-order valence-corrected chi connectivity index (χ1v) is 3.67. The van der Waals surface area contributed by atoms with Gasteiger partial charge in [0.1, 0.15) is 5.60 Å². The summed E-state index contributed by atoms with van der Waals surface area (Å²) < 4.78 is 4.80. The van der Waals surface area contributed by atoms with Crippen molar-refractivity contribution < 1.29 is 14.3 Å². The fourth-order valence-electron chi connectivity index (χ4n) is 1.29. The van der Waals surface area contributed by atoms with Crippen molar-refractivity contribution >= 4 is 12.0 Å². The van der Waals surface area contributed by atoms with Gasteiger partial charge in [-0.25, -0.2) is 4.79 Å². The van der Waals surface area contributed by atoms with Gasteiger partial charge in [0.25, 0.3) is 0 Å². The number of carbonyl (C=O) groups excluding carboxylic acids is 2. The van der Waals surface area contributed by atoms with E-state index in [2.05, 4.69) is 0 Å². The number of primary amides is 1. The highest BCUT2D eigenvalue weighted by Crippen LogP contribution is 2.24. The lowest BCUT2D eigenvalue weighted by Gasteiger charge is -2.45.